The molecule has 1 unspecified atom stereocenters. The van der Waals surface area contributed by atoms with Crippen LogP contribution in [0, 0.1) is 6.92 Å². The molecule has 100 valence electrons. The van der Waals surface area contributed by atoms with Crippen LogP contribution >= 0.6 is 11.8 Å². The highest BCUT2D eigenvalue weighted by Gasteiger charge is 2.14. The Morgan fingerprint density at radius 3 is 2.74 bits per heavy atom. The number of thioether (sulfide) groups is 1. The van der Waals surface area contributed by atoms with Crippen LogP contribution in [0.3, 0.4) is 0 Å². The quantitative estimate of drug-likeness (QED) is 0.822. The fourth-order valence-corrected chi connectivity index (χ4v) is 2.54. The van der Waals surface area contributed by atoms with E-state index in [1.165, 1.54) is 17.3 Å². The van der Waals surface area contributed by atoms with E-state index in [1.54, 1.807) is 6.92 Å². The van der Waals surface area contributed by atoms with E-state index < -0.39 is 0 Å². The van der Waals surface area contributed by atoms with Gasteiger partial charge in [0, 0.05) is 12.1 Å². The average Bonchev–Trinajstić information content (AvgIpc) is 2.71. The van der Waals surface area contributed by atoms with Gasteiger partial charge in [-0.3, -0.25) is 4.79 Å². The zero-order valence-corrected chi connectivity index (χ0v) is 11.8. The molecule has 5 heteroatoms. The third kappa shape index (κ3) is 3.61. The van der Waals surface area contributed by atoms with Crippen LogP contribution in [0.25, 0.3) is 0 Å². The smallest absolute Gasteiger partial charge is 0.230 e. The summed E-state index contributed by atoms with van der Waals surface area (Å²) in [5.74, 6) is -0.330. The van der Waals surface area contributed by atoms with Gasteiger partial charge in [-0.05, 0) is 19.4 Å². The molecule has 3 N–H and O–H groups in total. The molecular formula is C14H17N3OS. The number of carbonyl (C=O) groups is 1. The molecule has 0 fully saturated rings. The molecule has 0 aliphatic rings. The Kier molecular flexibility index (Phi) is 4.27. The molecule has 2 rings (SSSR count). The second-order valence-electron chi connectivity index (χ2n) is 4.44. The van der Waals surface area contributed by atoms with Crippen LogP contribution in [0.1, 0.15) is 23.9 Å². The van der Waals surface area contributed by atoms with Crippen molar-refractivity contribution in [3.05, 3.63) is 47.3 Å². The number of benzene rings is 1. The molecule has 1 atom stereocenters. The van der Waals surface area contributed by atoms with Crippen LogP contribution in [0.5, 0.6) is 0 Å². The lowest BCUT2D eigenvalue weighted by Crippen LogP contribution is -2.22. The van der Waals surface area contributed by atoms with Gasteiger partial charge < -0.3 is 10.7 Å². The predicted octanol–water partition coefficient (Wildman–Crippen LogP) is 2.27. The van der Waals surface area contributed by atoms with Crippen molar-refractivity contribution in [1.82, 2.24) is 9.97 Å². The summed E-state index contributed by atoms with van der Waals surface area (Å²) in [6.45, 7) is 3.77. The first kappa shape index (κ1) is 13.7. The maximum absolute atomic E-state index is 11.0. The number of aromatic nitrogens is 2. The van der Waals surface area contributed by atoms with E-state index in [0.29, 0.717) is 0 Å². The Bertz CT molecular complexity index is 565. The molecule has 4 nitrogen and oxygen atoms in total. The number of nitrogens with two attached hydrogens (primary N) is 1. The van der Waals surface area contributed by atoms with Crippen molar-refractivity contribution in [2.75, 3.05) is 0 Å². The molecule has 1 aromatic carbocycles. The number of rotatable bonds is 5. The fourth-order valence-electron chi connectivity index (χ4n) is 1.71. The van der Waals surface area contributed by atoms with Crippen LogP contribution < -0.4 is 5.73 Å². The minimum Gasteiger partial charge on any atom is -0.369 e. The van der Waals surface area contributed by atoms with Crippen LogP contribution in [0.4, 0.5) is 0 Å². The first-order valence-corrected chi connectivity index (χ1v) is 6.99. The monoisotopic (exact) mass is 275 g/mol. The van der Waals surface area contributed by atoms with Crippen LogP contribution in [0.15, 0.2) is 35.5 Å². The van der Waals surface area contributed by atoms with Crippen LogP contribution in [0.2, 0.25) is 0 Å². The molecule has 0 radical (unpaired) electrons. The number of imidazole rings is 1. The minimum atomic E-state index is -0.330. The third-order valence-corrected chi connectivity index (χ3v) is 3.87. The number of carbonyl (C=O) groups excluding carboxylic acids is 1. The van der Waals surface area contributed by atoms with Gasteiger partial charge in [-0.1, -0.05) is 42.1 Å². The summed E-state index contributed by atoms with van der Waals surface area (Å²) >= 11 is 1.36. The molecular weight excluding hydrogens is 258 g/mol. The number of amides is 1. The van der Waals surface area contributed by atoms with Crippen molar-refractivity contribution < 1.29 is 4.79 Å². The number of nitrogens with one attached hydrogen (secondary N) is 1. The Balaban J connectivity index is 2.11. The third-order valence-electron chi connectivity index (χ3n) is 2.87. The van der Waals surface area contributed by atoms with E-state index in [9.17, 15) is 4.79 Å². The van der Waals surface area contributed by atoms with E-state index in [1.807, 2.05) is 25.1 Å². The summed E-state index contributed by atoms with van der Waals surface area (Å²) in [6.07, 6.45) is 0.786. The van der Waals surface area contributed by atoms with Gasteiger partial charge >= 0.3 is 0 Å². The first-order valence-electron chi connectivity index (χ1n) is 6.11. The maximum Gasteiger partial charge on any atom is 0.230 e. The SMILES string of the molecule is Cc1[nH]c(SC(C)C(N)=O)nc1Cc1ccccc1. The summed E-state index contributed by atoms with van der Waals surface area (Å²) in [7, 11) is 0. The highest BCUT2D eigenvalue weighted by Crippen LogP contribution is 2.22. The minimum absolute atomic E-state index is 0.282. The Morgan fingerprint density at radius 2 is 2.11 bits per heavy atom. The number of aryl methyl sites for hydroxylation is 1. The van der Waals surface area contributed by atoms with Gasteiger partial charge in [0.25, 0.3) is 0 Å². The van der Waals surface area contributed by atoms with Crippen molar-refractivity contribution in [2.24, 2.45) is 5.73 Å². The Morgan fingerprint density at radius 1 is 1.42 bits per heavy atom. The van der Waals surface area contributed by atoms with Gasteiger partial charge in [-0.25, -0.2) is 4.98 Å². The number of hydrogen-bond acceptors (Lipinski definition) is 3. The van der Waals surface area contributed by atoms with Crippen LogP contribution in [-0.4, -0.2) is 21.1 Å². The number of primary amides is 1. The molecule has 1 heterocycles. The Hall–Kier alpha value is -1.75. The number of H-pyrrole nitrogens is 1. The van der Waals surface area contributed by atoms with Gasteiger partial charge in [0.1, 0.15) is 0 Å². The Labute approximate surface area is 116 Å². The highest BCUT2D eigenvalue weighted by atomic mass is 32.2. The molecule has 0 aliphatic carbocycles. The molecule has 2 aromatic rings. The van der Waals surface area contributed by atoms with Gasteiger partial charge in [-0.2, -0.15) is 0 Å². The highest BCUT2D eigenvalue weighted by molar-refractivity contribution is 8.00. The lowest BCUT2D eigenvalue weighted by atomic mass is 10.1. The summed E-state index contributed by atoms with van der Waals surface area (Å²) in [6, 6.07) is 10.2. The molecule has 0 spiro atoms. The molecule has 0 saturated heterocycles. The average molecular weight is 275 g/mol. The largest absolute Gasteiger partial charge is 0.369 e. The van der Waals surface area contributed by atoms with E-state index in [0.717, 1.165) is 23.0 Å². The lowest BCUT2D eigenvalue weighted by molar-refractivity contribution is -0.117. The number of hydrogen-bond donors (Lipinski definition) is 2. The van der Waals surface area contributed by atoms with E-state index in [-0.39, 0.29) is 11.2 Å². The molecule has 1 aromatic heterocycles. The zero-order valence-electron chi connectivity index (χ0n) is 11.0. The number of nitrogens with zero attached hydrogens (tertiary/aromatic N) is 1. The summed E-state index contributed by atoms with van der Waals surface area (Å²) < 4.78 is 0. The van der Waals surface area contributed by atoms with E-state index in [4.69, 9.17) is 5.73 Å². The van der Waals surface area contributed by atoms with Crippen molar-refractivity contribution in [1.29, 1.82) is 0 Å². The van der Waals surface area contributed by atoms with Crippen molar-refractivity contribution in [3.8, 4) is 0 Å². The predicted molar refractivity (Wildman–Crippen MR) is 77.1 cm³/mol. The normalized spacial score (nSPS) is 12.3. The second-order valence-corrected chi connectivity index (χ2v) is 5.77. The molecule has 0 aliphatic heterocycles. The fraction of sp³-hybridized carbons (Fsp3) is 0.286. The summed E-state index contributed by atoms with van der Waals surface area (Å²) in [5.41, 5.74) is 8.51. The molecule has 19 heavy (non-hydrogen) atoms. The van der Waals surface area contributed by atoms with Gasteiger partial charge in [0.15, 0.2) is 5.16 Å². The lowest BCUT2D eigenvalue weighted by Gasteiger charge is -2.02. The van der Waals surface area contributed by atoms with Gasteiger partial charge in [-0.15, -0.1) is 0 Å². The molecule has 1 amide bonds. The first-order chi connectivity index (χ1) is 9.06. The summed E-state index contributed by atoms with van der Waals surface area (Å²) in [5, 5.41) is 0.463. The van der Waals surface area contributed by atoms with E-state index in [2.05, 4.69) is 22.1 Å². The molecule has 0 saturated carbocycles. The van der Waals surface area contributed by atoms with Crippen LogP contribution in [-0.2, 0) is 11.2 Å². The topological polar surface area (TPSA) is 71.8 Å². The van der Waals surface area contributed by atoms with Gasteiger partial charge in [0.2, 0.25) is 5.91 Å². The molecule has 0 bridgehead atoms. The summed E-state index contributed by atoms with van der Waals surface area (Å²) in [4.78, 5) is 18.8. The van der Waals surface area contributed by atoms with E-state index >= 15 is 0 Å². The van der Waals surface area contributed by atoms with Crippen molar-refractivity contribution >= 4 is 17.7 Å². The van der Waals surface area contributed by atoms with Crippen molar-refractivity contribution in [2.45, 2.75) is 30.7 Å². The second kappa shape index (κ2) is 5.93. The number of aromatic amines is 1. The standard InChI is InChI=1S/C14H17N3OS/c1-9-12(8-11-6-4-3-5-7-11)17-14(16-9)19-10(2)13(15)18/h3-7,10H,8H2,1-2H3,(H2,15,18)(H,16,17). The van der Waals surface area contributed by atoms with Gasteiger partial charge in [0.05, 0.1) is 10.9 Å². The maximum atomic E-state index is 11.0. The zero-order chi connectivity index (χ0) is 13.8. The van der Waals surface area contributed by atoms with Crippen molar-refractivity contribution in [3.63, 3.8) is 0 Å².